The van der Waals surface area contributed by atoms with Crippen LogP contribution >= 0.6 is 11.6 Å². The van der Waals surface area contributed by atoms with Crippen molar-refractivity contribution in [3.05, 3.63) is 28.9 Å². The summed E-state index contributed by atoms with van der Waals surface area (Å²) in [6.45, 7) is 1.29. The van der Waals surface area contributed by atoms with Crippen molar-refractivity contribution in [1.82, 2.24) is 4.98 Å². The third kappa shape index (κ3) is 2.44. The topological polar surface area (TPSA) is 72.2 Å². The van der Waals surface area contributed by atoms with Gasteiger partial charge in [0.25, 0.3) is 0 Å². The molecule has 0 aliphatic rings. The molecule has 1 aromatic carbocycles. The van der Waals surface area contributed by atoms with Crippen LogP contribution in [-0.4, -0.2) is 18.1 Å². The molecule has 0 bridgehead atoms. The van der Waals surface area contributed by atoms with E-state index >= 15 is 0 Å². The van der Waals surface area contributed by atoms with Gasteiger partial charge in [-0.2, -0.15) is 5.26 Å². The molecule has 0 fully saturated rings. The molecule has 0 radical (unpaired) electrons. The number of hydrogen-bond donors (Lipinski definition) is 0. The molecule has 0 amide bonds. The first-order chi connectivity index (χ1) is 9.06. The molecule has 0 atom stereocenters. The van der Waals surface area contributed by atoms with Crippen LogP contribution in [0.2, 0.25) is 5.02 Å². The lowest BCUT2D eigenvalue weighted by atomic mass is 10.1. The van der Waals surface area contributed by atoms with Gasteiger partial charge in [0.2, 0.25) is 0 Å². The van der Waals surface area contributed by atoms with E-state index in [0.717, 1.165) is 0 Å². The van der Waals surface area contributed by atoms with Gasteiger partial charge in [0, 0.05) is 24.6 Å². The number of benzene rings is 1. The molecule has 96 valence electrons. The average Bonchev–Trinajstić information content (AvgIpc) is 2.38. The molecule has 19 heavy (non-hydrogen) atoms. The molecule has 1 heterocycles. The maximum Gasteiger partial charge on any atom is 0.308 e. The van der Waals surface area contributed by atoms with E-state index in [1.165, 1.54) is 26.3 Å². The number of halogens is 1. The number of pyridine rings is 1. The monoisotopic (exact) mass is 276 g/mol. The molecule has 2 aromatic rings. The molecule has 0 spiro atoms. The van der Waals surface area contributed by atoms with E-state index in [-0.39, 0.29) is 16.3 Å². The van der Waals surface area contributed by atoms with Gasteiger partial charge in [-0.15, -0.1) is 0 Å². The number of carbonyl (C=O) groups is 1. The first kappa shape index (κ1) is 13.1. The number of esters is 1. The van der Waals surface area contributed by atoms with Crippen molar-refractivity contribution in [2.45, 2.75) is 6.92 Å². The number of nitriles is 1. The summed E-state index contributed by atoms with van der Waals surface area (Å²) in [5.74, 6) is 0.135. The Morgan fingerprint density at radius 3 is 2.74 bits per heavy atom. The van der Waals surface area contributed by atoms with E-state index in [4.69, 9.17) is 26.3 Å². The summed E-state index contributed by atoms with van der Waals surface area (Å²) >= 11 is 6.10. The second-order valence-corrected chi connectivity index (χ2v) is 4.09. The zero-order chi connectivity index (χ0) is 14.0. The van der Waals surface area contributed by atoms with E-state index in [9.17, 15) is 4.79 Å². The van der Waals surface area contributed by atoms with Crippen LogP contribution in [0.3, 0.4) is 0 Å². The Kier molecular flexibility index (Phi) is 3.54. The number of nitrogens with zero attached hydrogens (tertiary/aromatic N) is 2. The highest BCUT2D eigenvalue weighted by Crippen LogP contribution is 2.35. The Morgan fingerprint density at radius 2 is 2.16 bits per heavy atom. The molecule has 0 aliphatic carbocycles. The number of ether oxygens (including phenoxy) is 2. The summed E-state index contributed by atoms with van der Waals surface area (Å²) in [6.07, 6.45) is 1.38. The third-order valence-electron chi connectivity index (χ3n) is 2.46. The van der Waals surface area contributed by atoms with Crippen LogP contribution in [0, 0.1) is 11.3 Å². The predicted molar refractivity (Wildman–Crippen MR) is 69.3 cm³/mol. The third-order valence-corrected chi connectivity index (χ3v) is 2.87. The van der Waals surface area contributed by atoms with Crippen molar-refractivity contribution in [3.8, 4) is 17.6 Å². The SMILES string of the molecule is COc1cc2ncc(C#N)c(Cl)c2cc1OC(C)=O. The van der Waals surface area contributed by atoms with Gasteiger partial charge in [0.15, 0.2) is 11.5 Å². The summed E-state index contributed by atoms with van der Waals surface area (Å²) in [5.41, 5.74) is 0.810. The van der Waals surface area contributed by atoms with Crippen molar-refractivity contribution in [2.75, 3.05) is 7.11 Å². The molecule has 0 saturated carbocycles. The maximum atomic E-state index is 11.0. The van der Waals surface area contributed by atoms with Gasteiger partial charge in [-0.3, -0.25) is 9.78 Å². The first-order valence-corrected chi connectivity index (χ1v) is 5.69. The molecule has 0 N–H and O–H groups in total. The van der Waals surface area contributed by atoms with Crippen LogP contribution < -0.4 is 9.47 Å². The van der Waals surface area contributed by atoms with E-state index in [1.54, 1.807) is 6.07 Å². The molecule has 2 rings (SSSR count). The number of fused-ring (bicyclic) bond motifs is 1. The van der Waals surface area contributed by atoms with Gasteiger partial charge >= 0.3 is 5.97 Å². The minimum absolute atomic E-state index is 0.237. The fourth-order valence-electron chi connectivity index (χ4n) is 1.64. The lowest BCUT2D eigenvalue weighted by molar-refractivity contribution is -0.131. The standard InChI is InChI=1S/C13H9ClN2O3/c1-7(17)19-12-3-9-10(4-11(12)18-2)16-6-8(5-15)13(9)14/h3-4,6H,1-2H3. The van der Waals surface area contributed by atoms with E-state index in [2.05, 4.69) is 4.98 Å². The highest BCUT2D eigenvalue weighted by atomic mass is 35.5. The highest BCUT2D eigenvalue weighted by molar-refractivity contribution is 6.36. The fraction of sp³-hybridized carbons (Fsp3) is 0.154. The average molecular weight is 277 g/mol. The minimum Gasteiger partial charge on any atom is -0.493 e. The first-order valence-electron chi connectivity index (χ1n) is 5.31. The Hall–Kier alpha value is -2.32. The quantitative estimate of drug-likeness (QED) is 0.623. The van der Waals surface area contributed by atoms with Crippen LogP contribution in [-0.2, 0) is 4.79 Å². The van der Waals surface area contributed by atoms with Gasteiger partial charge in [-0.1, -0.05) is 11.6 Å². The van der Waals surface area contributed by atoms with Crippen LogP contribution in [0.15, 0.2) is 18.3 Å². The Labute approximate surface area is 114 Å². The van der Waals surface area contributed by atoms with E-state index < -0.39 is 5.97 Å². The lowest BCUT2D eigenvalue weighted by Crippen LogP contribution is -2.03. The molecule has 1 aromatic heterocycles. The summed E-state index contributed by atoms with van der Waals surface area (Å²) in [5, 5.41) is 9.70. The number of hydrogen-bond acceptors (Lipinski definition) is 5. The van der Waals surface area contributed by atoms with Gasteiger partial charge in [-0.25, -0.2) is 0 Å². The van der Waals surface area contributed by atoms with Crippen LogP contribution in [0.4, 0.5) is 0 Å². The zero-order valence-electron chi connectivity index (χ0n) is 10.2. The number of carbonyl (C=O) groups excluding carboxylic acids is 1. The van der Waals surface area contributed by atoms with Crippen molar-refractivity contribution >= 4 is 28.5 Å². The van der Waals surface area contributed by atoms with Gasteiger partial charge < -0.3 is 9.47 Å². The Balaban J connectivity index is 2.72. The Bertz CT molecular complexity index is 707. The number of aromatic nitrogens is 1. The molecule has 5 nitrogen and oxygen atoms in total. The fourth-order valence-corrected chi connectivity index (χ4v) is 1.88. The van der Waals surface area contributed by atoms with Gasteiger partial charge in [-0.05, 0) is 6.07 Å². The summed E-state index contributed by atoms with van der Waals surface area (Å²) in [7, 11) is 1.46. The molecular weight excluding hydrogens is 268 g/mol. The van der Waals surface area contributed by atoms with Crippen molar-refractivity contribution in [2.24, 2.45) is 0 Å². The van der Waals surface area contributed by atoms with Crippen LogP contribution in [0.25, 0.3) is 10.9 Å². The predicted octanol–water partition coefficient (Wildman–Crippen LogP) is 2.69. The second-order valence-electron chi connectivity index (χ2n) is 3.71. The van der Waals surface area contributed by atoms with Crippen LogP contribution in [0.5, 0.6) is 11.5 Å². The molecular formula is C13H9ClN2O3. The Morgan fingerprint density at radius 1 is 1.42 bits per heavy atom. The second kappa shape index (κ2) is 5.12. The normalized spacial score (nSPS) is 10.0. The minimum atomic E-state index is -0.474. The smallest absolute Gasteiger partial charge is 0.308 e. The number of methoxy groups -OCH3 is 1. The summed E-state index contributed by atoms with van der Waals surface area (Å²) in [6, 6.07) is 5.07. The van der Waals surface area contributed by atoms with Crippen molar-refractivity contribution in [3.63, 3.8) is 0 Å². The van der Waals surface area contributed by atoms with Gasteiger partial charge in [0.05, 0.1) is 23.2 Å². The summed E-state index contributed by atoms with van der Waals surface area (Å²) < 4.78 is 10.2. The van der Waals surface area contributed by atoms with Crippen molar-refractivity contribution in [1.29, 1.82) is 5.26 Å². The van der Waals surface area contributed by atoms with E-state index in [1.807, 2.05) is 6.07 Å². The molecule has 6 heteroatoms. The molecule has 0 saturated heterocycles. The van der Waals surface area contributed by atoms with Crippen LogP contribution in [0.1, 0.15) is 12.5 Å². The number of rotatable bonds is 2. The highest BCUT2D eigenvalue weighted by Gasteiger charge is 2.13. The zero-order valence-corrected chi connectivity index (χ0v) is 11.0. The maximum absolute atomic E-state index is 11.0. The molecule has 0 aliphatic heterocycles. The molecule has 0 unspecified atom stereocenters. The largest absolute Gasteiger partial charge is 0.493 e. The van der Waals surface area contributed by atoms with Gasteiger partial charge in [0.1, 0.15) is 6.07 Å². The summed E-state index contributed by atoms with van der Waals surface area (Å²) in [4.78, 5) is 15.2. The lowest BCUT2D eigenvalue weighted by Gasteiger charge is -2.10. The van der Waals surface area contributed by atoms with E-state index in [0.29, 0.717) is 16.7 Å². The van der Waals surface area contributed by atoms with Crippen molar-refractivity contribution < 1.29 is 14.3 Å².